The van der Waals surface area contributed by atoms with Gasteiger partial charge in [-0.25, -0.2) is 4.79 Å². The first-order valence-electron chi connectivity index (χ1n) is 10.8. The molecule has 1 aromatic carbocycles. The second kappa shape index (κ2) is 11.4. The van der Waals surface area contributed by atoms with Crippen LogP contribution in [0.1, 0.15) is 20.8 Å². The first kappa shape index (κ1) is 26.2. The molecule has 0 unspecified atom stereocenters. The molecule has 4 rings (SSSR count). The normalized spacial score (nSPS) is 10.9. The van der Waals surface area contributed by atoms with Gasteiger partial charge in [0.2, 0.25) is 5.91 Å². The summed E-state index contributed by atoms with van der Waals surface area (Å²) in [5.41, 5.74) is 3.97. The summed E-state index contributed by atoms with van der Waals surface area (Å²) in [4.78, 5) is 26.7. The molecule has 0 aliphatic rings. The number of allylic oxidation sites excluding steroid dienone is 1. The predicted octanol–water partition coefficient (Wildman–Crippen LogP) is 6.71. The average Bonchev–Trinajstić information content (AvgIpc) is 3.56. The summed E-state index contributed by atoms with van der Waals surface area (Å²) in [7, 11) is 1.31. The Kier molecular flexibility index (Phi) is 8.30. The summed E-state index contributed by atoms with van der Waals surface area (Å²) in [6.07, 6.45) is 1.78. The second-order valence-corrected chi connectivity index (χ2v) is 11.1. The number of hydrogen-bond acceptors (Lipinski definition) is 8. The van der Waals surface area contributed by atoms with E-state index in [0.717, 1.165) is 22.5 Å². The Hall–Kier alpha value is -2.92. The van der Waals surface area contributed by atoms with Gasteiger partial charge in [0.25, 0.3) is 0 Å². The highest BCUT2D eigenvalue weighted by atomic mass is 35.5. The third kappa shape index (κ3) is 5.41. The number of methoxy groups -OCH3 is 1. The van der Waals surface area contributed by atoms with E-state index in [0.29, 0.717) is 32.9 Å². The molecular formula is C25H23ClN4O3S3. The van der Waals surface area contributed by atoms with Crippen LogP contribution in [0.4, 0.5) is 5.00 Å². The number of halogens is 1. The van der Waals surface area contributed by atoms with E-state index in [1.807, 2.05) is 22.1 Å². The fourth-order valence-corrected chi connectivity index (χ4v) is 6.22. The van der Waals surface area contributed by atoms with Crippen molar-refractivity contribution in [3.8, 4) is 22.5 Å². The zero-order valence-electron chi connectivity index (χ0n) is 19.8. The third-order valence-electron chi connectivity index (χ3n) is 5.48. The smallest absolute Gasteiger partial charge is 0.341 e. The van der Waals surface area contributed by atoms with E-state index >= 15 is 0 Å². The highest BCUT2D eigenvalue weighted by Crippen LogP contribution is 2.37. The fraction of sp³-hybridized carbons (Fsp3) is 0.200. The van der Waals surface area contributed by atoms with E-state index in [-0.39, 0.29) is 11.7 Å². The number of anilines is 1. The van der Waals surface area contributed by atoms with E-state index in [9.17, 15) is 9.59 Å². The molecule has 0 aliphatic heterocycles. The minimum absolute atomic E-state index is 0.0890. The maximum absolute atomic E-state index is 12.9. The number of carbonyl (C=O) groups excluding carboxylic acids is 2. The highest BCUT2D eigenvalue weighted by molar-refractivity contribution is 7.99. The van der Waals surface area contributed by atoms with Gasteiger partial charge in [-0.05, 0) is 37.1 Å². The van der Waals surface area contributed by atoms with Gasteiger partial charge >= 0.3 is 5.97 Å². The van der Waals surface area contributed by atoms with Gasteiger partial charge in [-0.15, -0.1) is 39.4 Å². The first-order valence-corrected chi connectivity index (χ1v) is 13.9. The van der Waals surface area contributed by atoms with Crippen molar-refractivity contribution >= 4 is 62.9 Å². The molecule has 186 valence electrons. The lowest BCUT2D eigenvalue weighted by atomic mass is 10.0. The van der Waals surface area contributed by atoms with E-state index in [4.69, 9.17) is 16.3 Å². The summed E-state index contributed by atoms with van der Waals surface area (Å²) >= 11 is 10.2. The van der Waals surface area contributed by atoms with Crippen molar-refractivity contribution in [2.45, 2.75) is 25.5 Å². The summed E-state index contributed by atoms with van der Waals surface area (Å²) < 4.78 is 6.93. The molecule has 4 aromatic rings. The van der Waals surface area contributed by atoms with Gasteiger partial charge in [-0.2, -0.15) is 0 Å². The van der Waals surface area contributed by atoms with E-state index in [2.05, 4.69) is 41.3 Å². The number of esters is 1. The molecule has 0 spiro atoms. The van der Waals surface area contributed by atoms with Crippen LogP contribution in [0.25, 0.3) is 22.5 Å². The third-order valence-corrected chi connectivity index (χ3v) is 8.60. The van der Waals surface area contributed by atoms with Gasteiger partial charge < -0.3 is 10.1 Å². The van der Waals surface area contributed by atoms with Gasteiger partial charge in [0.05, 0.1) is 12.9 Å². The Morgan fingerprint density at radius 3 is 2.53 bits per heavy atom. The lowest BCUT2D eigenvalue weighted by Gasteiger charge is -2.09. The van der Waals surface area contributed by atoms with Crippen LogP contribution in [-0.2, 0) is 16.1 Å². The molecule has 0 saturated carbocycles. The lowest BCUT2D eigenvalue weighted by molar-refractivity contribution is -0.113. The number of thioether (sulfide) groups is 1. The first-order chi connectivity index (χ1) is 17.3. The topological polar surface area (TPSA) is 86.1 Å². The molecule has 1 N–H and O–H groups in total. The van der Waals surface area contributed by atoms with Gasteiger partial charge in [-0.3, -0.25) is 9.36 Å². The van der Waals surface area contributed by atoms with Crippen molar-refractivity contribution in [1.82, 2.24) is 14.8 Å². The maximum atomic E-state index is 12.9. The Labute approximate surface area is 226 Å². The molecule has 11 heteroatoms. The molecule has 0 saturated heterocycles. The standard InChI is InChI=1S/C25H23ClN4O3S3/c1-5-10-30-22(18-11-34-15(3)14(18)2)28-29-25(30)36-13-20(31)27-23-21(24(32)33-4)19(12-35-23)16-6-8-17(26)9-7-16/h5-9,11-12H,1,10,13H2,2-4H3,(H,27,31). The van der Waals surface area contributed by atoms with Crippen molar-refractivity contribution in [2.75, 3.05) is 18.2 Å². The largest absolute Gasteiger partial charge is 0.465 e. The van der Waals surface area contributed by atoms with Crippen LogP contribution < -0.4 is 5.32 Å². The molecule has 0 atom stereocenters. The molecule has 0 bridgehead atoms. The Balaban J connectivity index is 1.53. The van der Waals surface area contributed by atoms with E-state index in [1.165, 1.54) is 35.1 Å². The number of aromatic nitrogens is 3. The Morgan fingerprint density at radius 2 is 1.89 bits per heavy atom. The Morgan fingerprint density at radius 1 is 1.17 bits per heavy atom. The summed E-state index contributed by atoms with van der Waals surface area (Å²) in [5.74, 6) is 0.0393. The van der Waals surface area contributed by atoms with Crippen LogP contribution in [0.15, 0.2) is 52.8 Å². The minimum Gasteiger partial charge on any atom is -0.465 e. The second-order valence-electron chi connectivity index (χ2n) is 7.72. The van der Waals surface area contributed by atoms with Gasteiger partial charge in [0.1, 0.15) is 10.6 Å². The summed E-state index contributed by atoms with van der Waals surface area (Å²) in [5, 5.41) is 17.1. The fourth-order valence-electron chi connectivity index (χ4n) is 3.51. The number of amides is 1. The summed E-state index contributed by atoms with van der Waals surface area (Å²) in [6, 6.07) is 7.13. The van der Waals surface area contributed by atoms with Crippen molar-refractivity contribution in [3.05, 3.63) is 68.7 Å². The van der Waals surface area contributed by atoms with E-state index in [1.54, 1.807) is 29.5 Å². The van der Waals surface area contributed by atoms with E-state index < -0.39 is 5.97 Å². The number of nitrogens with zero attached hydrogens (tertiary/aromatic N) is 3. The number of benzene rings is 1. The van der Waals surface area contributed by atoms with Crippen LogP contribution in [0.5, 0.6) is 0 Å². The monoisotopic (exact) mass is 558 g/mol. The molecule has 3 heterocycles. The molecule has 36 heavy (non-hydrogen) atoms. The maximum Gasteiger partial charge on any atom is 0.341 e. The number of ether oxygens (including phenoxy) is 1. The Bertz CT molecular complexity index is 1420. The van der Waals surface area contributed by atoms with Crippen molar-refractivity contribution in [2.24, 2.45) is 0 Å². The van der Waals surface area contributed by atoms with Crippen molar-refractivity contribution in [1.29, 1.82) is 0 Å². The molecular weight excluding hydrogens is 536 g/mol. The van der Waals surface area contributed by atoms with Gasteiger partial charge in [-0.1, -0.05) is 41.6 Å². The molecule has 0 radical (unpaired) electrons. The van der Waals surface area contributed by atoms with Crippen LogP contribution in [0, 0.1) is 13.8 Å². The molecule has 7 nitrogen and oxygen atoms in total. The molecule has 3 aromatic heterocycles. The van der Waals surface area contributed by atoms with Crippen LogP contribution in [0.3, 0.4) is 0 Å². The SMILES string of the molecule is C=CCn1c(SCC(=O)Nc2scc(-c3ccc(Cl)cc3)c2C(=O)OC)nnc1-c1csc(C)c1C. The number of thiophene rings is 2. The van der Waals surface area contributed by atoms with Crippen LogP contribution in [-0.4, -0.2) is 39.5 Å². The quantitative estimate of drug-likeness (QED) is 0.140. The number of aryl methyl sites for hydroxylation is 1. The lowest BCUT2D eigenvalue weighted by Crippen LogP contribution is -2.16. The minimum atomic E-state index is -0.527. The number of nitrogens with one attached hydrogen (secondary N) is 1. The average molecular weight is 559 g/mol. The van der Waals surface area contributed by atoms with Crippen LogP contribution in [0.2, 0.25) is 5.02 Å². The van der Waals surface area contributed by atoms with Gasteiger partial charge in [0, 0.05) is 38.3 Å². The van der Waals surface area contributed by atoms with Crippen molar-refractivity contribution in [3.63, 3.8) is 0 Å². The number of rotatable bonds is 9. The van der Waals surface area contributed by atoms with Crippen molar-refractivity contribution < 1.29 is 14.3 Å². The predicted molar refractivity (Wildman–Crippen MR) is 148 cm³/mol. The molecule has 0 aliphatic carbocycles. The zero-order valence-corrected chi connectivity index (χ0v) is 23.0. The molecule has 1 amide bonds. The highest BCUT2D eigenvalue weighted by Gasteiger charge is 2.23. The molecule has 0 fully saturated rings. The number of hydrogen-bond donors (Lipinski definition) is 1. The summed E-state index contributed by atoms with van der Waals surface area (Å²) in [6.45, 7) is 8.50. The zero-order chi connectivity index (χ0) is 25.8. The number of carbonyl (C=O) groups is 2. The van der Waals surface area contributed by atoms with Crippen LogP contribution >= 0.6 is 46.0 Å². The van der Waals surface area contributed by atoms with Gasteiger partial charge in [0.15, 0.2) is 11.0 Å².